The molecule has 0 fully saturated rings. The zero-order valence-electron chi connectivity index (χ0n) is 10.2. The van der Waals surface area contributed by atoms with E-state index in [2.05, 4.69) is 26.0 Å². The third-order valence-corrected chi connectivity index (χ3v) is 2.66. The standard InChI is InChI=1S/C13H14BrNO3/c1-9(16)15-8-11(13(17)18-2)6-10-4-3-5-12(14)7-10/h3-7H,8H2,1-2H3,(H,15,16)/b11-6+. The fraction of sp³-hybridized carbons (Fsp3) is 0.231. The van der Waals surface area contributed by atoms with Gasteiger partial charge in [0, 0.05) is 17.9 Å². The van der Waals surface area contributed by atoms with E-state index >= 15 is 0 Å². The Morgan fingerprint density at radius 3 is 2.72 bits per heavy atom. The maximum absolute atomic E-state index is 11.6. The van der Waals surface area contributed by atoms with E-state index in [9.17, 15) is 9.59 Å². The fourth-order valence-corrected chi connectivity index (χ4v) is 1.75. The van der Waals surface area contributed by atoms with E-state index in [1.807, 2.05) is 24.3 Å². The Morgan fingerprint density at radius 2 is 2.17 bits per heavy atom. The van der Waals surface area contributed by atoms with Gasteiger partial charge in [0.2, 0.25) is 5.91 Å². The molecule has 0 aliphatic carbocycles. The summed E-state index contributed by atoms with van der Waals surface area (Å²) >= 11 is 3.35. The van der Waals surface area contributed by atoms with Crippen LogP contribution in [0.1, 0.15) is 12.5 Å². The number of amides is 1. The van der Waals surface area contributed by atoms with Gasteiger partial charge in [0.05, 0.1) is 12.7 Å². The van der Waals surface area contributed by atoms with Gasteiger partial charge in [0.1, 0.15) is 0 Å². The Kier molecular flexibility index (Phi) is 5.58. The van der Waals surface area contributed by atoms with Crippen LogP contribution in [0.25, 0.3) is 6.08 Å². The highest BCUT2D eigenvalue weighted by Crippen LogP contribution is 2.14. The summed E-state index contributed by atoms with van der Waals surface area (Å²) in [4.78, 5) is 22.4. The molecule has 5 heteroatoms. The molecule has 0 aliphatic heterocycles. The van der Waals surface area contributed by atoms with Crippen molar-refractivity contribution in [3.05, 3.63) is 39.9 Å². The maximum Gasteiger partial charge on any atom is 0.335 e. The number of hydrogen-bond donors (Lipinski definition) is 1. The summed E-state index contributed by atoms with van der Waals surface area (Å²) in [5, 5.41) is 2.58. The summed E-state index contributed by atoms with van der Waals surface area (Å²) in [7, 11) is 1.31. The molecule has 0 aliphatic rings. The smallest absolute Gasteiger partial charge is 0.335 e. The normalized spacial score (nSPS) is 10.9. The van der Waals surface area contributed by atoms with Crippen molar-refractivity contribution in [2.45, 2.75) is 6.92 Å². The van der Waals surface area contributed by atoms with Gasteiger partial charge in [-0.1, -0.05) is 28.1 Å². The first-order valence-electron chi connectivity index (χ1n) is 5.32. The maximum atomic E-state index is 11.6. The Hall–Kier alpha value is -1.62. The topological polar surface area (TPSA) is 55.4 Å². The van der Waals surface area contributed by atoms with Gasteiger partial charge in [-0.05, 0) is 23.8 Å². The Balaban J connectivity index is 2.94. The molecule has 1 aromatic carbocycles. The van der Waals surface area contributed by atoms with Crippen LogP contribution in [0.2, 0.25) is 0 Å². The van der Waals surface area contributed by atoms with Gasteiger partial charge in [0.15, 0.2) is 0 Å². The zero-order valence-corrected chi connectivity index (χ0v) is 11.8. The number of carbonyl (C=O) groups excluding carboxylic acids is 2. The van der Waals surface area contributed by atoms with E-state index in [1.54, 1.807) is 6.08 Å². The second kappa shape index (κ2) is 6.96. The number of esters is 1. The minimum absolute atomic E-state index is 0.147. The third kappa shape index (κ3) is 4.71. The average Bonchev–Trinajstić information content (AvgIpc) is 2.33. The SMILES string of the molecule is COC(=O)/C(=C/c1cccc(Br)c1)CNC(C)=O. The van der Waals surface area contributed by atoms with Crippen molar-refractivity contribution in [3.8, 4) is 0 Å². The van der Waals surface area contributed by atoms with Gasteiger partial charge in [-0.25, -0.2) is 4.79 Å². The van der Waals surface area contributed by atoms with E-state index in [0.29, 0.717) is 5.57 Å². The number of nitrogens with one attached hydrogen (secondary N) is 1. The highest BCUT2D eigenvalue weighted by Gasteiger charge is 2.10. The van der Waals surface area contributed by atoms with E-state index in [-0.39, 0.29) is 12.5 Å². The second-order valence-corrected chi connectivity index (χ2v) is 4.54. The van der Waals surface area contributed by atoms with Crippen molar-refractivity contribution in [2.75, 3.05) is 13.7 Å². The molecule has 0 saturated heterocycles. The molecule has 0 saturated carbocycles. The summed E-state index contributed by atoms with van der Waals surface area (Å²) in [6.07, 6.45) is 1.69. The number of benzene rings is 1. The highest BCUT2D eigenvalue weighted by molar-refractivity contribution is 9.10. The number of hydrogen-bond acceptors (Lipinski definition) is 3. The van der Waals surface area contributed by atoms with E-state index in [0.717, 1.165) is 10.0 Å². The quantitative estimate of drug-likeness (QED) is 0.684. The molecular weight excluding hydrogens is 298 g/mol. The average molecular weight is 312 g/mol. The molecule has 1 aromatic rings. The lowest BCUT2D eigenvalue weighted by Gasteiger charge is -2.06. The largest absolute Gasteiger partial charge is 0.466 e. The van der Waals surface area contributed by atoms with Gasteiger partial charge >= 0.3 is 5.97 Å². The first-order valence-corrected chi connectivity index (χ1v) is 6.11. The molecule has 0 bridgehead atoms. The summed E-state index contributed by atoms with van der Waals surface area (Å²) in [5.74, 6) is -0.650. The summed E-state index contributed by atoms with van der Waals surface area (Å²) < 4.78 is 5.59. The molecule has 0 radical (unpaired) electrons. The van der Waals surface area contributed by atoms with Crippen molar-refractivity contribution in [3.63, 3.8) is 0 Å². The van der Waals surface area contributed by atoms with Gasteiger partial charge in [0.25, 0.3) is 0 Å². The van der Waals surface area contributed by atoms with E-state index in [1.165, 1.54) is 14.0 Å². The van der Waals surface area contributed by atoms with Crippen molar-refractivity contribution in [1.82, 2.24) is 5.32 Å². The number of methoxy groups -OCH3 is 1. The van der Waals surface area contributed by atoms with Crippen LogP contribution in [0.4, 0.5) is 0 Å². The van der Waals surface area contributed by atoms with Gasteiger partial charge in [-0.3, -0.25) is 4.79 Å². The van der Waals surface area contributed by atoms with Crippen LogP contribution < -0.4 is 5.32 Å². The first-order chi connectivity index (χ1) is 8.52. The van der Waals surface area contributed by atoms with Crippen LogP contribution >= 0.6 is 15.9 Å². The number of rotatable bonds is 4. The second-order valence-electron chi connectivity index (χ2n) is 3.63. The predicted molar refractivity (Wildman–Crippen MR) is 72.8 cm³/mol. The Labute approximate surface area is 114 Å². The lowest BCUT2D eigenvalue weighted by atomic mass is 10.1. The van der Waals surface area contributed by atoms with Gasteiger partial charge in [-0.2, -0.15) is 0 Å². The molecule has 0 spiro atoms. The molecule has 0 heterocycles. The van der Waals surface area contributed by atoms with Gasteiger partial charge in [-0.15, -0.1) is 0 Å². The minimum atomic E-state index is -0.455. The number of ether oxygens (including phenoxy) is 1. The highest BCUT2D eigenvalue weighted by atomic mass is 79.9. The predicted octanol–water partition coefficient (Wildman–Crippen LogP) is 2.14. The summed E-state index contributed by atoms with van der Waals surface area (Å²) in [5.41, 5.74) is 1.25. The van der Waals surface area contributed by atoms with Crippen LogP contribution in [0.3, 0.4) is 0 Å². The lowest BCUT2D eigenvalue weighted by molar-refractivity contribution is -0.136. The van der Waals surface area contributed by atoms with Crippen LogP contribution in [-0.4, -0.2) is 25.5 Å². The van der Waals surface area contributed by atoms with E-state index in [4.69, 9.17) is 0 Å². The van der Waals surface area contributed by atoms with Crippen molar-refractivity contribution in [2.24, 2.45) is 0 Å². The fourth-order valence-electron chi connectivity index (χ4n) is 1.33. The third-order valence-electron chi connectivity index (χ3n) is 2.16. The van der Waals surface area contributed by atoms with Crippen LogP contribution in [-0.2, 0) is 14.3 Å². The van der Waals surface area contributed by atoms with Crippen molar-refractivity contribution < 1.29 is 14.3 Å². The molecule has 18 heavy (non-hydrogen) atoms. The van der Waals surface area contributed by atoms with Crippen LogP contribution in [0, 0.1) is 0 Å². The number of carbonyl (C=O) groups is 2. The molecule has 0 unspecified atom stereocenters. The molecule has 96 valence electrons. The van der Waals surface area contributed by atoms with Crippen molar-refractivity contribution in [1.29, 1.82) is 0 Å². The monoisotopic (exact) mass is 311 g/mol. The van der Waals surface area contributed by atoms with Crippen molar-refractivity contribution >= 4 is 33.9 Å². The number of halogens is 1. The minimum Gasteiger partial charge on any atom is -0.466 e. The zero-order chi connectivity index (χ0) is 13.5. The molecular formula is C13H14BrNO3. The molecule has 1 amide bonds. The lowest BCUT2D eigenvalue weighted by Crippen LogP contribution is -2.25. The van der Waals surface area contributed by atoms with Crippen LogP contribution in [0.5, 0.6) is 0 Å². The molecule has 0 atom stereocenters. The molecule has 1 rings (SSSR count). The Morgan fingerprint density at radius 1 is 1.44 bits per heavy atom. The summed E-state index contributed by atoms with van der Waals surface area (Å²) in [6, 6.07) is 7.49. The molecule has 4 nitrogen and oxygen atoms in total. The van der Waals surface area contributed by atoms with Gasteiger partial charge < -0.3 is 10.1 Å². The molecule has 0 aromatic heterocycles. The Bertz CT molecular complexity index is 483. The molecule has 1 N–H and O–H groups in total. The first kappa shape index (κ1) is 14.4. The summed E-state index contributed by atoms with van der Waals surface area (Å²) in [6.45, 7) is 1.54. The van der Waals surface area contributed by atoms with E-state index < -0.39 is 5.97 Å². The van der Waals surface area contributed by atoms with Crippen LogP contribution in [0.15, 0.2) is 34.3 Å².